The molecule has 0 spiro atoms. The molecule has 18 heavy (non-hydrogen) atoms. The lowest BCUT2D eigenvalue weighted by atomic mass is 9.96. The van der Waals surface area contributed by atoms with Crippen LogP contribution in [-0.4, -0.2) is 24.0 Å². The van der Waals surface area contributed by atoms with Gasteiger partial charge in [-0.05, 0) is 36.3 Å². The summed E-state index contributed by atoms with van der Waals surface area (Å²) in [6, 6.07) is 9.22. The van der Waals surface area contributed by atoms with Gasteiger partial charge in [-0.15, -0.1) is 0 Å². The van der Waals surface area contributed by atoms with Crippen molar-refractivity contribution in [2.75, 3.05) is 13.1 Å². The van der Waals surface area contributed by atoms with Crippen LogP contribution in [0.15, 0.2) is 24.3 Å². The minimum absolute atomic E-state index is 0.387. The first-order chi connectivity index (χ1) is 8.83. The quantitative estimate of drug-likeness (QED) is 0.885. The highest BCUT2D eigenvalue weighted by Crippen LogP contribution is 2.28. The Morgan fingerprint density at radius 1 is 1.17 bits per heavy atom. The van der Waals surface area contributed by atoms with Crippen molar-refractivity contribution in [1.82, 2.24) is 4.90 Å². The highest BCUT2D eigenvalue weighted by Gasteiger charge is 2.25. The molecule has 2 N–H and O–H groups in total. The number of nitrogens with two attached hydrogens (primary N) is 1. The molecule has 1 fully saturated rings. The largest absolute Gasteiger partial charge is 0.326 e. The average Bonchev–Trinajstić information content (AvgIpc) is 2.92. The molecule has 2 heteroatoms. The van der Waals surface area contributed by atoms with Crippen molar-refractivity contribution >= 4 is 0 Å². The second-order valence-electron chi connectivity index (χ2n) is 5.96. The maximum Gasteiger partial charge on any atom is 0.0237 e. The van der Waals surface area contributed by atoms with Gasteiger partial charge < -0.3 is 5.73 Å². The SMILES string of the molecule is NC(CN1CCc2ccccc2C1)C1CCCC1. The molecule has 1 aromatic rings. The van der Waals surface area contributed by atoms with Crippen molar-refractivity contribution in [2.45, 2.75) is 44.7 Å². The maximum absolute atomic E-state index is 6.39. The van der Waals surface area contributed by atoms with Crippen molar-refractivity contribution in [3.05, 3.63) is 35.4 Å². The molecule has 98 valence electrons. The third kappa shape index (κ3) is 2.60. The van der Waals surface area contributed by atoms with Crippen LogP contribution < -0.4 is 5.73 Å². The standard InChI is InChI=1S/C16H24N2/c17-16(14-6-2-3-7-14)12-18-10-9-13-5-1-4-8-15(13)11-18/h1,4-5,8,14,16H,2-3,6-7,9-12,17H2. The van der Waals surface area contributed by atoms with E-state index in [0.717, 1.165) is 19.0 Å². The molecule has 1 unspecified atom stereocenters. The molecule has 0 amide bonds. The third-order valence-electron chi connectivity index (χ3n) is 4.68. The Kier molecular flexibility index (Phi) is 3.67. The molecule has 0 saturated heterocycles. The summed E-state index contributed by atoms with van der Waals surface area (Å²) in [5, 5.41) is 0. The van der Waals surface area contributed by atoms with Gasteiger partial charge in [0.1, 0.15) is 0 Å². The van der Waals surface area contributed by atoms with Crippen LogP contribution in [0.25, 0.3) is 0 Å². The lowest BCUT2D eigenvalue weighted by Crippen LogP contribution is -2.43. The van der Waals surface area contributed by atoms with Crippen molar-refractivity contribution < 1.29 is 0 Å². The third-order valence-corrected chi connectivity index (χ3v) is 4.68. The second-order valence-corrected chi connectivity index (χ2v) is 5.96. The predicted octanol–water partition coefficient (Wildman–Crippen LogP) is 2.56. The molecule has 1 heterocycles. The maximum atomic E-state index is 6.39. The highest BCUT2D eigenvalue weighted by molar-refractivity contribution is 5.29. The van der Waals surface area contributed by atoms with E-state index in [4.69, 9.17) is 5.73 Å². The fraction of sp³-hybridized carbons (Fsp3) is 0.625. The summed E-state index contributed by atoms with van der Waals surface area (Å²) < 4.78 is 0. The summed E-state index contributed by atoms with van der Waals surface area (Å²) in [5.74, 6) is 0.780. The molecule has 1 aliphatic carbocycles. The Bertz CT molecular complexity index is 396. The van der Waals surface area contributed by atoms with Crippen molar-refractivity contribution in [2.24, 2.45) is 11.7 Å². The Balaban J connectivity index is 1.59. The van der Waals surface area contributed by atoms with Gasteiger partial charge in [-0.2, -0.15) is 0 Å². The molecule has 1 aromatic carbocycles. The van der Waals surface area contributed by atoms with Gasteiger partial charge in [0, 0.05) is 25.7 Å². The number of rotatable bonds is 3. The van der Waals surface area contributed by atoms with Gasteiger partial charge in [-0.3, -0.25) is 4.90 Å². The lowest BCUT2D eigenvalue weighted by Gasteiger charge is -2.32. The summed E-state index contributed by atoms with van der Waals surface area (Å²) >= 11 is 0. The van der Waals surface area contributed by atoms with E-state index in [1.165, 1.54) is 49.8 Å². The summed E-state index contributed by atoms with van der Waals surface area (Å²) in [4.78, 5) is 2.55. The van der Waals surface area contributed by atoms with Gasteiger partial charge in [-0.1, -0.05) is 37.1 Å². The van der Waals surface area contributed by atoms with E-state index in [1.54, 1.807) is 0 Å². The number of benzene rings is 1. The number of hydrogen-bond donors (Lipinski definition) is 1. The topological polar surface area (TPSA) is 29.3 Å². The second kappa shape index (κ2) is 5.41. The zero-order valence-corrected chi connectivity index (χ0v) is 11.1. The van der Waals surface area contributed by atoms with E-state index >= 15 is 0 Å². The molecule has 0 aromatic heterocycles. The summed E-state index contributed by atoms with van der Waals surface area (Å²) in [6.45, 7) is 3.35. The van der Waals surface area contributed by atoms with E-state index in [9.17, 15) is 0 Å². The molecule has 2 aliphatic rings. The van der Waals surface area contributed by atoms with Crippen LogP contribution in [-0.2, 0) is 13.0 Å². The van der Waals surface area contributed by atoms with Crippen molar-refractivity contribution in [3.8, 4) is 0 Å². The Labute approximate surface area is 110 Å². The number of hydrogen-bond acceptors (Lipinski definition) is 2. The first-order valence-corrected chi connectivity index (χ1v) is 7.37. The van der Waals surface area contributed by atoms with E-state index in [-0.39, 0.29) is 0 Å². The van der Waals surface area contributed by atoms with Crippen LogP contribution in [0.1, 0.15) is 36.8 Å². The van der Waals surface area contributed by atoms with Gasteiger partial charge in [0.2, 0.25) is 0 Å². The van der Waals surface area contributed by atoms with Gasteiger partial charge in [0.25, 0.3) is 0 Å². The predicted molar refractivity (Wildman–Crippen MR) is 75.4 cm³/mol. The number of nitrogens with zero attached hydrogens (tertiary/aromatic N) is 1. The minimum atomic E-state index is 0.387. The van der Waals surface area contributed by atoms with Gasteiger partial charge in [-0.25, -0.2) is 0 Å². The molecule has 1 aliphatic heterocycles. The van der Waals surface area contributed by atoms with E-state index in [1.807, 2.05) is 0 Å². The lowest BCUT2D eigenvalue weighted by molar-refractivity contribution is 0.214. The zero-order chi connectivity index (χ0) is 12.4. The molecule has 0 bridgehead atoms. The van der Waals surface area contributed by atoms with Crippen molar-refractivity contribution in [1.29, 1.82) is 0 Å². The van der Waals surface area contributed by atoms with Crippen LogP contribution in [0.3, 0.4) is 0 Å². The van der Waals surface area contributed by atoms with Gasteiger partial charge >= 0.3 is 0 Å². The van der Waals surface area contributed by atoms with E-state index in [0.29, 0.717) is 6.04 Å². The smallest absolute Gasteiger partial charge is 0.0237 e. The molecular formula is C16H24N2. The Hall–Kier alpha value is -0.860. The molecule has 3 rings (SSSR count). The van der Waals surface area contributed by atoms with Crippen LogP contribution >= 0.6 is 0 Å². The van der Waals surface area contributed by atoms with Gasteiger partial charge in [0.15, 0.2) is 0 Å². The van der Waals surface area contributed by atoms with E-state index < -0.39 is 0 Å². The highest BCUT2D eigenvalue weighted by atomic mass is 15.1. The Morgan fingerprint density at radius 3 is 2.67 bits per heavy atom. The molecular weight excluding hydrogens is 220 g/mol. The number of fused-ring (bicyclic) bond motifs is 1. The summed E-state index contributed by atoms with van der Waals surface area (Å²) in [6.07, 6.45) is 6.67. The fourth-order valence-corrected chi connectivity index (χ4v) is 3.54. The molecule has 1 saturated carbocycles. The van der Waals surface area contributed by atoms with Crippen LogP contribution in [0.2, 0.25) is 0 Å². The first kappa shape index (κ1) is 12.2. The zero-order valence-electron chi connectivity index (χ0n) is 11.1. The normalized spacial score (nSPS) is 22.9. The summed E-state index contributed by atoms with van der Waals surface area (Å²) in [7, 11) is 0. The fourth-order valence-electron chi connectivity index (χ4n) is 3.54. The molecule has 1 atom stereocenters. The monoisotopic (exact) mass is 244 g/mol. The van der Waals surface area contributed by atoms with Crippen LogP contribution in [0.5, 0.6) is 0 Å². The van der Waals surface area contributed by atoms with Crippen molar-refractivity contribution in [3.63, 3.8) is 0 Å². The molecule has 0 radical (unpaired) electrons. The minimum Gasteiger partial charge on any atom is -0.326 e. The first-order valence-electron chi connectivity index (χ1n) is 7.37. The van der Waals surface area contributed by atoms with Gasteiger partial charge in [0.05, 0.1) is 0 Å². The summed E-state index contributed by atoms with van der Waals surface area (Å²) in [5.41, 5.74) is 9.42. The average molecular weight is 244 g/mol. The molecule has 2 nitrogen and oxygen atoms in total. The van der Waals surface area contributed by atoms with Crippen LogP contribution in [0, 0.1) is 5.92 Å². The Morgan fingerprint density at radius 2 is 1.89 bits per heavy atom. The van der Waals surface area contributed by atoms with Crippen LogP contribution in [0.4, 0.5) is 0 Å². The van der Waals surface area contributed by atoms with E-state index in [2.05, 4.69) is 29.2 Å².